The van der Waals surface area contributed by atoms with Crippen LogP contribution in [0.1, 0.15) is 27.0 Å². The molecule has 5 nitrogen and oxygen atoms in total. The highest BCUT2D eigenvalue weighted by Crippen LogP contribution is 2.45. The normalized spacial score (nSPS) is 11.3. The van der Waals surface area contributed by atoms with Crippen molar-refractivity contribution in [3.8, 4) is 17.2 Å². The van der Waals surface area contributed by atoms with E-state index in [2.05, 4.69) is 4.98 Å². The van der Waals surface area contributed by atoms with Crippen molar-refractivity contribution < 1.29 is 32.2 Å². The van der Waals surface area contributed by atoms with E-state index in [0.29, 0.717) is 5.56 Å². The number of benzene rings is 1. The third-order valence-electron chi connectivity index (χ3n) is 3.75. The second-order valence-corrected chi connectivity index (χ2v) is 6.08. The predicted octanol–water partition coefficient (Wildman–Crippen LogP) is 4.97. The minimum atomic E-state index is -4.95. The lowest BCUT2D eigenvalue weighted by atomic mass is 9.94. The maximum absolute atomic E-state index is 13.5. The molecule has 10 heteroatoms. The summed E-state index contributed by atoms with van der Waals surface area (Å²) < 4.78 is 56.1. The summed E-state index contributed by atoms with van der Waals surface area (Å²) in [4.78, 5) is 16.5. The van der Waals surface area contributed by atoms with Crippen LogP contribution >= 0.6 is 23.2 Å². The molecule has 0 radical (unpaired) electrons. The van der Waals surface area contributed by atoms with E-state index in [1.807, 2.05) is 0 Å². The largest absolute Gasteiger partial charge is 0.493 e. The lowest BCUT2D eigenvalue weighted by Gasteiger charge is -2.19. The van der Waals surface area contributed by atoms with Crippen molar-refractivity contribution in [3.63, 3.8) is 0 Å². The van der Waals surface area contributed by atoms with Gasteiger partial charge in [0, 0.05) is 6.20 Å². The van der Waals surface area contributed by atoms with Gasteiger partial charge in [0.15, 0.2) is 17.3 Å². The van der Waals surface area contributed by atoms with E-state index in [-0.39, 0.29) is 22.8 Å². The van der Waals surface area contributed by atoms with Crippen LogP contribution in [0.2, 0.25) is 10.2 Å². The summed E-state index contributed by atoms with van der Waals surface area (Å²) in [6.07, 6.45) is -4.06. The van der Waals surface area contributed by atoms with Crippen molar-refractivity contribution in [1.82, 2.24) is 4.98 Å². The molecule has 0 unspecified atom stereocenters. The van der Waals surface area contributed by atoms with Crippen LogP contribution in [-0.4, -0.2) is 32.1 Å². The summed E-state index contributed by atoms with van der Waals surface area (Å²) in [6.45, 7) is 1.52. The molecule has 1 aromatic heterocycles. The number of ketones is 1. The summed E-state index contributed by atoms with van der Waals surface area (Å²) in [5.41, 5.74) is -2.10. The van der Waals surface area contributed by atoms with Crippen molar-refractivity contribution in [2.75, 3.05) is 21.3 Å². The third-order valence-corrected chi connectivity index (χ3v) is 4.32. The number of methoxy groups -OCH3 is 3. The number of aromatic nitrogens is 1. The minimum Gasteiger partial charge on any atom is -0.493 e. The van der Waals surface area contributed by atoms with Crippen molar-refractivity contribution >= 4 is 29.0 Å². The van der Waals surface area contributed by atoms with E-state index in [4.69, 9.17) is 37.4 Å². The molecule has 0 saturated heterocycles. The lowest BCUT2D eigenvalue weighted by Crippen LogP contribution is -2.18. The lowest BCUT2D eigenvalue weighted by molar-refractivity contribution is -0.138. The van der Waals surface area contributed by atoms with Gasteiger partial charge in [-0.1, -0.05) is 23.2 Å². The Balaban J connectivity index is 2.87. The summed E-state index contributed by atoms with van der Waals surface area (Å²) in [5.74, 6) is -0.819. The molecule has 0 saturated carbocycles. The second-order valence-electron chi connectivity index (χ2n) is 5.31. The fraction of sp³-hybridized carbons (Fsp3) is 0.294. The zero-order valence-corrected chi connectivity index (χ0v) is 16.1. The molecule has 0 atom stereocenters. The van der Waals surface area contributed by atoms with Gasteiger partial charge >= 0.3 is 6.18 Å². The van der Waals surface area contributed by atoms with Gasteiger partial charge in [0.25, 0.3) is 0 Å². The Morgan fingerprint density at radius 1 is 1.04 bits per heavy atom. The van der Waals surface area contributed by atoms with Crippen LogP contribution in [0.25, 0.3) is 0 Å². The van der Waals surface area contributed by atoms with Gasteiger partial charge in [-0.25, -0.2) is 4.98 Å². The number of rotatable bonds is 5. The number of hydrogen-bond donors (Lipinski definition) is 0. The van der Waals surface area contributed by atoms with Crippen LogP contribution in [0.15, 0.2) is 12.3 Å². The highest BCUT2D eigenvalue weighted by molar-refractivity contribution is 6.37. The average molecular weight is 424 g/mol. The first-order valence-electron chi connectivity index (χ1n) is 7.33. The van der Waals surface area contributed by atoms with E-state index in [0.717, 1.165) is 6.20 Å². The molecular weight excluding hydrogens is 410 g/mol. The number of hydrogen-bond acceptors (Lipinski definition) is 5. The van der Waals surface area contributed by atoms with Crippen LogP contribution < -0.4 is 14.2 Å². The fourth-order valence-corrected chi connectivity index (χ4v) is 3.11. The highest BCUT2D eigenvalue weighted by atomic mass is 35.5. The maximum atomic E-state index is 13.5. The van der Waals surface area contributed by atoms with Gasteiger partial charge in [-0.15, -0.1) is 0 Å². The van der Waals surface area contributed by atoms with Gasteiger partial charge in [-0.3, -0.25) is 4.79 Å². The third kappa shape index (κ3) is 3.77. The van der Waals surface area contributed by atoms with Crippen LogP contribution in [0.5, 0.6) is 17.2 Å². The fourth-order valence-electron chi connectivity index (χ4n) is 2.63. The smallest absolute Gasteiger partial charge is 0.420 e. The number of pyridine rings is 1. The quantitative estimate of drug-likeness (QED) is 0.501. The molecule has 0 aliphatic heterocycles. The molecule has 2 aromatic rings. The van der Waals surface area contributed by atoms with Crippen LogP contribution in [-0.2, 0) is 6.18 Å². The van der Waals surface area contributed by atoms with E-state index >= 15 is 0 Å². The van der Waals surface area contributed by atoms with Gasteiger partial charge in [-0.2, -0.15) is 13.2 Å². The molecule has 0 aliphatic carbocycles. The van der Waals surface area contributed by atoms with Gasteiger partial charge in [-0.05, 0) is 18.6 Å². The molecular formula is C17H14Cl2F3NO4. The van der Waals surface area contributed by atoms with Gasteiger partial charge in [0.1, 0.15) is 10.7 Å². The average Bonchev–Trinajstić information content (AvgIpc) is 2.60. The first kappa shape index (κ1) is 21.1. The summed E-state index contributed by atoms with van der Waals surface area (Å²) in [5, 5.41) is -1.37. The van der Waals surface area contributed by atoms with E-state index in [9.17, 15) is 18.0 Å². The number of halogens is 5. The summed E-state index contributed by atoms with van der Waals surface area (Å²) in [6, 6.07) is 1.44. The molecule has 0 aliphatic rings. The standard InChI is InChI=1S/C17H14Cl2F3NO4/c1-7-5-9(25-2)14(26-3)15(27-4)10(7)13(24)11-8(18)6-23-16(19)12(11)17(20,21)22/h5-6H,1-4H3. The summed E-state index contributed by atoms with van der Waals surface area (Å²) >= 11 is 11.5. The minimum absolute atomic E-state index is 0.0544. The molecule has 1 aromatic carbocycles. The molecule has 146 valence electrons. The predicted molar refractivity (Wildman–Crippen MR) is 93.5 cm³/mol. The Bertz CT molecular complexity index is 901. The Morgan fingerprint density at radius 2 is 1.63 bits per heavy atom. The van der Waals surface area contributed by atoms with Gasteiger partial charge in [0.05, 0.1) is 37.5 Å². The first-order chi connectivity index (χ1) is 12.6. The van der Waals surface area contributed by atoms with E-state index in [1.54, 1.807) is 0 Å². The Hall–Kier alpha value is -2.19. The maximum Gasteiger partial charge on any atom is 0.420 e. The number of aryl methyl sites for hydroxylation is 1. The molecule has 0 bridgehead atoms. The first-order valence-corrected chi connectivity index (χ1v) is 8.09. The molecule has 27 heavy (non-hydrogen) atoms. The Labute approximate surface area is 163 Å². The van der Waals surface area contributed by atoms with Crippen molar-refractivity contribution in [2.45, 2.75) is 13.1 Å². The number of carbonyl (C=O) groups is 1. The molecule has 0 amide bonds. The molecule has 2 rings (SSSR count). The number of carbonyl (C=O) groups excluding carboxylic acids is 1. The van der Waals surface area contributed by atoms with E-state index in [1.165, 1.54) is 34.3 Å². The van der Waals surface area contributed by atoms with Crippen molar-refractivity contribution in [1.29, 1.82) is 0 Å². The van der Waals surface area contributed by atoms with Crippen molar-refractivity contribution in [3.05, 3.63) is 44.7 Å². The number of alkyl halides is 3. The SMILES string of the molecule is COc1cc(C)c(C(=O)c2c(Cl)cnc(Cl)c2C(F)(F)F)c(OC)c1OC. The Morgan fingerprint density at radius 3 is 2.11 bits per heavy atom. The Kier molecular flexibility index (Phi) is 6.11. The number of ether oxygens (including phenoxy) is 3. The van der Waals surface area contributed by atoms with Crippen LogP contribution in [0.4, 0.5) is 13.2 Å². The molecule has 1 heterocycles. The monoisotopic (exact) mass is 423 g/mol. The number of nitrogens with zero attached hydrogens (tertiary/aromatic N) is 1. The zero-order chi connectivity index (χ0) is 20.5. The van der Waals surface area contributed by atoms with Gasteiger partial charge < -0.3 is 14.2 Å². The van der Waals surface area contributed by atoms with Crippen molar-refractivity contribution in [2.24, 2.45) is 0 Å². The zero-order valence-electron chi connectivity index (χ0n) is 14.6. The topological polar surface area (TPSA) is 57.7 Å². The molecule has 0 spiro atoms. The summed E-state index contributed by atoms with van der Waals surface area (Å²) in [7, 11) is 3.93. The molecule has 0 fully saturated rings. The van der Waals surface area contributed by atoms with E-state index < -0.39 is 33.3 Å². The van der Waals surface area contributed by atoms with Gasteiger partial charge in [0.2, 0.25) is 5.75 Å². The second kappa shape index (κ2) is 7.82. The van der Waals surface area contributed by atoms with Crippen LogP contribution in [0.3, 0.4) is 0 Å². The highest BCUT2D eigenvalue weighted by Gasteiger charge is 2.41. The van der Waals surface area contributed by atoms with Crippen LogP contribution in [0, 0.1) is 6.92 Å². The molecule has 0 N–H and O–H groups in total.